The molecule has 1 atom stereocenters. The second-order valence-corrected chi connectivity index (χ2v) is 5.92. The lowest BCUT2D eigenvalue weighted by atomic mass is 9.79. The van der Waals surface area contributed by atoms with E-state index < -0.39 is 0 Å². The van der Waals surface area contributed by atoms with Crippen LogP contribution < -0.4 is 16.4 Å². The number of nitrogens with two attached hydrogens (primary N) is 1. The fourth-order valence-corrected chi connectivity index (χ4v) is 2.94. The van der Waals surface area contributed by atoms with Crippen molar-refractivity contribution in [2.24, 2.45) is 17.6 Å². The van der Waals surface area contributed by atoms with Crippen molar-refractivity contribution in [1.82, 2.24) is 4.98 Å². The van der Waals surface area contributed by atoms with Crippen LogP contribution >= 0.6 is 0 Å². The third kappa shape index (κ3) is 4.43. The van der Waals surface area contributed by atoms with E-state index in [2.05, 4.69) is 22.5 Å². The molecule has 0 radical (unpaired) electrons. The van der Waals surface area contributed by atoms with E-state index in [9.17, 15) is 4.79 Å². The van der Waals surface area contributed by atoms with Gasteiger partial charge >= 0.3 is 0 Å². The highest BCUT2D eigenvalue weighted by Crippen LogP contribution is 2.31. The Kier molecular flexibility index (Phi) is 5.56. The standard InChI is InChI=1S/C16H26N4O/c1-3-18-15-10-14(8-9-19-15)20-16(21)13-6-4-12(5-7-13)11(2)17/h8-13H,3-7,17H2,1-2H3,(H2,18,19,20,21)/t11?,12-,13-. The Balaban J connectivity index is 1.89. The Morgan fingerprint density at radius 3 is 2.76 bits per heavy atom. The number of rotatable bonds is 5. The molecule has 0 bridgehead atoms. The van der Waals surface area contributed by atoms with Gasteiger partial charge in [-0.15, -0.1) is 0 Å². The predicted octanol–water partition coefficient (Wildman–Crippen LogP) is 2.61. The van der Waals surface area contributed by atoms with Gasteiger partial charge in [0.15, 0.2) is 0 Å². The van der Waals surface area contributed by atoms with Gasteiger partial charge in [0, 0.05) is 36.5 Å². The van der Waals surface area contributed by atoms with E-state index in [1.807, 2.05) is 19.1 Å². The average Bonchev–Trinajstić information content (AvgIpc) is 2.48. The summed E-state index contributed by atoms with van der Waals surface area (Å²) in [5.41, 5.74) is 6.75. The van der Waals surface area contributed by atoms with Crippen LogP contribution in [0.15, 0.2) is 18.3 Å². The zero-order valence-corrected chi connectivity index (χ0v) is 12.9. The number of hydrogen-bond acceptors (Lipinski definition) is 4. The van der Waals surface area contributed by atoms with E-state index in [0.29, 0.717) is 5.92 Å². The lowest BCUT2D eigenvalue weighted by Gasteiger charge is -2.29. The van der Waals surface area contributed by atoms with Crippen molar-refractivity contribution in [3.8, 4) is 0 Å². The maximum Gasteiger partial charge on any atom is 0.227 e. The fraction of sp³-hybridized carbons (Fsp3) is 0.625. The molecule has 5 nitrogen and oxygen atoms in total. The first-order valence-corrected chi connectivity index (χ1v) is 7.86. The van der Waals surface area contributed by atoms with E-state index in [1.165, 1.54) is 0 Å². The maximum atomic E-state index is 12.3. The highest BCUT2D eigenvalue weighted by Gasteiger charge is 2.27. The van der Waals surface area contributed by atoms with Gasteiger partial charge in [-0.1, -0.05) is 0 Å². The zero-order valence-electron chi connectivity index (χ0n) is 12.9. The van der Waals surface area contributed by atoms with Crippen LogP contribution in [0.4, 0.5) is 11.5 Å². The summed E-state index contributed by atoms with van der Waals surface area (Å²) >= 11 is 0. The van der Waals surface area contributed by atoms with Crippen LogP contribution in [-0.2, 0) is 4.79 Å². The third-order valence-electron chi connectivity index (χ3n) is 4.27. The topological polar surface area (TPSA) is 80.0 Å². The Labute approximate surface area is 126 Å². The number of aromatic nitrogens is 1. The lowest BCUT2D eigenvalue weighted by molar-refractivity contribution is -0.121. The summed E-state index contributed by atoms with van der Waals surface area (Å²) in [6.07, 6.45) is 5.68. The maximum absolute atomic E-state index is 12.3. The second kappa shape index (κ2) is 7.41. The van der Waals surface area contributed by atoms with Gasteiger partial charge in [-0.25, -0.2) is 4.98 Å². The van der Waals surface area contributed by atoms with Gasteiger partial charge in [0.25, 0.3) is 0 Å². The van der Waals surface area contributed by atoms with Gasteiger partial charge in [-0.05, 0) is 51.5 Å². The van der Waals surface area contributed by atoms with E-state index in [-0.39, 0.29) is 17.9 Å². The minimum absolute atomic E-state index is 0.107. The van der Waals surface area contributed by atoms with E-state index in [1.54, 1.807) is 6.20 Å². The molecular weight excluding hydrogens is 264 g/mol. The number of pyridine rings is 1. The van der Waals surface area contributed by atoms with Crippen LogP contribution in [0.3, 0.4) is 0 Å². The van der Waals surface area contributed by atoms with Crippen LogP contribution in [0.5, 0.6) is 0 Å². The van der Waals surface area contributed by atoms with Crippen LogP contribution in [0.1, 0.15) is 39.5 Å². The fourth-order valence-electron chi connectivity index (χ4n) is 2.94. The number of anilines is 2. The first-order chi connectivity index (χ1) is 10.1. The first kappa shape index (κ1) is 15.8. The molecule has 0 spiro atoms. The number of nitrogens with zero attached hydrogens (tertiary/aromatic N) is 1. The van der Waals surface area contributed by atoms with Crippen LogP contribution in [0, 0.1) is 11.8 Å². The summed E-state index contributed by atoms with van der Waals surface area (Å²) in [7, 11) is 0. The van der Waals surface area contributed by atoms with Gasteiger partial charge in [0.1, 0.15) is 5.82 Å². The molecular formula is C16H26N4O. The molecule has 0 aliphatic heterocycles. The molecule has 116 valence electrons. The smallest absolute Gasteiger partial charge is 0.227 e. The SMILES string of the molecule is CCNc1cc(NC(=O)[C@H]2CC[C@H](C(C)N)CC2)ccn1. The number of carbonyl (C=O) groups is 1. The Morgan fingerprint density at radius 2 is 2.14 bits per heavy atom. The molecule has 1 aromatic heterocycles. The molecule has 1 amide bonds. The first-order valence-electron chi connectivity index (χ1n) is 7.86. The Hall–Kier alpha value is -1.62. The highest BCUT2D eigenvalue weighted by molar-refractivity contribution is 5.92. The number of carbonyl (C=O) groups excluding carboxylic acids is 1. The molecule has 0 saturated heterocycles. The van der Waals surface area contributed by atoms with E-state index in [4.69, 9.17) is 5.73 Å². The van der Waals surface area contributed by atoms with Crippen LogP contribution in [0.2, 0.25) is 0 Å². The van der Waals surface area contributed by atoms with Gasteiger partial charge in [0.2, 0.25) is 5.91 Å². The molecule has 1 unspecified atom stereocenters. The second-order valence-electron chi connectivity index (χ2n) is 5.92. The lowest BCUT2D eigenvalue weighted by Crippen LogP contribution is -2.33. The minimum Gasteiger partial charge on any atom is -0.370 e. The molecule has 4 N–H and O–H groups in total. The third-order valence-corrected chi connectivity index (χ3v) is 4.27. The summed E-state index contributed by atoms with van der Waals surface area (Å²) in [6.45, 7) is 4.89. The molecule has 5 heteroatoms. The molecule has 0 aromatic carbocycles. The zero-order chi connectivity index (χ0) is 15.2. The molecule has 1 aromatic rings. The van der Waals surface area contributed by atoms with Crippen molar-refractivity contribution in [1.29, 1.82) is 0 Å². The molecule has 1 aliphatic carbocycles. The van der Waals surface area contributed by atoms with Gasteiger partial charge < -0.3 is 16.4 Å². The van der Waals surface area contributed by atoms with Crippen LogP contribution in [0.25, 0.3) is 0 Å². The number of amides is 1. The summed E-state index contributed by atoms with van der Waals surface area (Å²) in [6, 6.07) is 3.93. The number of hydrogen-bond donors (Lipinski definition) is 3. The average molecular weight is 290 g/mol. The van der Waals surface area contributed by atoms with Crippen molar-refractivity contribution in [2.45, 2.75) is 45.6 Å². The predicted molar refractivity (Wildman–Crippen MR) is 86.1 cm³/mol. The highest BCUT2D eigenvalue weighted by atomic mass is 16.1. The quantitative estimate of drug-likeness (QED) is 0.778. The van der Waals surface area contributed by atoms with Crippen molar-refractivity contribution >= 4 is 17.4 Å². The van der Waals surface area contributed by atoms with Crippen molar-refractivity contribution < 1.29 is 4.79 Å². The normalized spacial score (nSPS) is 23.4. The van der Waals surface area contributed by atoms with Crippen LogP contribution in [-0.4, -0.2) is 23.5 Å². The molecule has 1 fully saturated rings. The largest absolute Gasteiger partial charge is 0.370 e. The molecule has 1 saturated carbocycles. The van der Waals surface area contributed by atoms with E-state index in [0.717, 1.165) is 43.7 Å². The monoisotopic (exact) mass is 290 g/mol. The van der Waals surface area contributed by atoms with Gasteiger partial charge in [0.05, 0.1) is 0 Å². The summed E-state index contributed by atoms with van der Waals surface area (Å²) in [5, 5.41) is 6.15. The summed E-state index contributed by atoms with van der Waals surface area (Å²) < 4.78 is 0. The minimum atomic E-state index is 0.107. The molecule has 1 aliphatic rings. The molecule has 1 heterocycles. The van der Waals surface area contributed by atoms with E-state index >= 15 is 0 Å². The number of nitrogens with one attached hydrogen (secondary N) is 2. The Bertz CT molecular complexity index is 467. The summed E-state index contributed by atoms with van der Waals surface area (Å²) in [4.78, 5) is 16.5. The van der Waals surface area contributed by atoms with Gasteiger partial charge in [-0.2, -0.15) is 0 Å². The van der Waals surface area contributed by atoms with Crippen molar-refractivity contribution in [3.05, 3.63) is 18.3 Å². The molecule has 2 rings (SSSR count). The molecule has 21 heavy (non-hydrogen) atoms. The van der Waals surface area contributed by atoms with Crippen molar-refractivity contribution in [3.63, 3.8) is 0 Å². The van der Waals surface area contributed by atoms with Crippen molar-refractivity contribution in [2.75, 3.05) is 17.2 Å². The Morgan fingerprint density at radius 1 is 1.43 bits per heavy atom. The van der Waals surface area contributed by atoms with Gasteiger partial charge in [-0.3, -0.25) is 4.79 Å². The summed E-state index contributed by atoms with van der Waals surface area (Å²) in [5.74, 6) is 1.58.